The Hall–Kier alpha value is -8.29. The third-order valence-electron chi connectivity index (χ3n) is 13.1. The van der Waals surface area contributed by atoms with Crippen molar-refractivity contribution in [3.05, 3.63) is 224 Å². The molecule has 0 bridgehead atoms. The first-order chi connectivity index (χ1) is 32.4. The van der Waals surface area contributed by atoms with Gasteiger partial charge < -0.3 is 0 Å². The molecule has 7 heteroatoms. The summed E-state index contributed by atoms with van der Waals surface area (Å²) in [6.07, 6.45) is 3.83. The molecule has 0 aliphatic heterocycles. The second-order valence-corrected chi connectivity index (χ2v) is 18.1. The summed E-state index contributed by atoms with van der Waals surface area (Å²) in [6.45, 7) is 6.48. The van der Waals surface area contributed by atoms with Gasteiger partial charge in [-0.3, -0.25) is 9.13 Å². The van der Waals surface area contributed by atoms with Gasteiger partial charge in [-0.1, -0.05) is 177 Å². The van der Waals surface area contributed by atoms with E-state index in [4.69, 9.17) is 15.1 Å². The van der Waals surface area contributed by atoms with Gasteiger partial charge in [-0.05, 0) is 82.7 Å². The van der Waals surface area contributed by atoms with Gasteiger partial charge in [0.2, 0.25) is 6.71 Å². The molecule has 5 aromatic heterocycles. The standard InChI is InChI=1S/C59H45BN6/c1-59(2,3)42-34-36-62-55(37-42)65-51-28-16-14-26-47(51)49-33-31-44(39-53(49)65)60(43-30-32-48-46-25-13-15-27-50(46)64(52(48)38-43)54-29-17-18-35-61-54)56-57(40-19-7-4-8-20-40)63-66(45-23-11-6-12-24-45)58(56)41-21-9-5-10-22-41/h4-39H,1-3H3. The van der Waals surface area contributed by atoms with Gasteiger partial charge in [0, 0.05) is 39.5 Å². The number of aromatic nitrogens is 6. The van der Waals surface area contributed by atoms with Crippen molar-refractivity contribution in [3.63, 3.8) is 0 Å². The van der Waals surface area contributed by atoms with Crippen molar-refractivity contribution in [1.29, 1.82) is 0 Å². The lowest BCUT2D eigenvalue weighted by Gasteiger charge is -2.21. The molecular weight excluding hydrogens is 804 g/mol. The topological polar surface area (TPSA) is 53.5 Å². The van der Waals surface area contributed by atoms with Crippen LogP contribution in [-0.4, -0.2) is 35.6 Å². The second-order valence-electron chi connectivity index (χ2n) is 18.1. The first-order valence-corrected chi connectivity index (χ1v) is 22.6. The van der Waals surface area contributed by atoms with Gasteiger partial charge in [0.15, 0.2) is 0 Å². The Morgan fingerprint density at radius 1 is 0.424 bits per heavy atom. The molecule has 0 unspecified atom stereocenters. The van der Waals surface area contributed by atoms with Gasteiger partial charge in [-0.15, -0.1) is 0 Å². The van der Waals surface area contributed by atoms with E-state index >= 15 is 0 Å². The molecular formula is C59H45BN6. The predicted molar refractivity (Wildman–Crippen MR) is 275 cm³/mol. The Morgan fingerprint density at radius 2 is 0.939 bits per heavy atom. The first kappa shape index (κ1) is 39.3. The normalized spacial score (nSPS) is 11.9. The molecule has 12 rings (SSSR count). The molecule has 0 N–H and O–H groups in total. The van der Waals surface area contributed by atoms with E-state index < -0.39 is 0 Å². The van der Waals surface area contributed by atoms with Crippen LogP contribution in [0.1, 0.15) is 26.3 Å². The average Bonchev–Trinajstić information content (AvgIpc) is 4.03. The summed E-state index contributed by atoms with van der Waals surface area (Å²) >= 11 is 0. The Balaban J connectivity index is 1.22. The molecule has 0 saturated carbocycles. The Bertz CT molecular complexity index is 3730. The predicted octanol–water partition coefficient (Wildman–Crippen LogP) is 12.0. The second kappa shape index (κ2) is 15.8. The molecule has 0 radical (unpaired) electrons. The van der Waals surface area contributed by atoms with Crippen LogP contribution in [0, 0.1) is 0 Å². The summed E-state index contributed by atoms with van der Waals surface area (Å²) < 4.78 is 6.82. The smallest absolute Gasteiger partial charge is 0.247 e. The van der Waals surface area contributed by atoms with Crippen molar-refractivity contribution in [3.8, 4) is 39.8 Å². The average molecular weight is 849 g/mol. The summed E-state index contributed by atoms with van der Waals surface area (Å²) in [5, 5.41) is 10.4. The number of benzene rings is 7. The van der Waals surface area contributed by atoms with Gasteiger partial charge in [-0.2, -0.15) is 5.10 Å². The zero-order valence-corrected chi connectivity index (χ0v) is 37.0. The highest BCUT2D eigenvalue weighted by molar-refractivity contribution is 6.97. The molecule has 0 aliphatic carbocycles. The van der Waals surface area contributed by atoms with Gasteiger partial charge in [0.05, 0.1) is 39.1 Å². The van der Waals surface area contributed by atoms with Gasteiger partial charge in [0.1, 0.15) is 11.6 Å². The zero-order valence-electron chi connectivity index (χ0n) is 37.0. The quantitative estimate of drug-likeness (QED) is 0.143. The van der Waals surface area contributed by atoms with Crippen LogP contribution in [0.5, 0.6) is 0 Å². The number of rotatable bonds is 8. The van der Waals surface area contributed by atoms with Crippen LogP contribution in [0.2, 0.25) is 0 Å². The van der Waals surface area contributed by atoms with Crippen molar-refractivity contribution in [2.45, 2.75) is 26.2 Å². The fourth-order valence-electron chi connectivity index (χ4n) is 9.99. The van der Waals surface area contributed by atoms with Crippen molar-refractivity contribution in [1.82, 2.24) is 28.9 Å². The molecule has 0 saturated heterocycles. The van der Waals surface area contributed by atoms with Crippen LogP contribution in [-0.2, 0) is 5.41 Å². The number of para-hydroxylation sites is 3. The largest absolute Gasteiger partial charge is 0.294 e. The molecule has 7 aromatic carbocycles. The van der Waals surface area contributed by atoms with E-state index in [0.29, 0.717) is 0 Å². The molecule has 0 aliphatic rings. The molecule has 66 heavy (non-hydrogen) atoms. The SMILES string of the molecule is CC(C)(C)c1ccnc(-n2c3ccccc3c3ccc(B(c4ccc5c6ccccc6n(-c6ccccn6)c5c4)c4c(-c5ccccc5)nn(-c5ccccc5)c4-c4ccccc4)cc32)c1. The van der Waals surface area contributed by atoms with Crippen molar-refractivity contribution >= 4 is 66.7 Å². The molecule has 0 atom stereocenters. The molecule has 0 spiro atoms. The summed E-state index contributed by atoms with van der Waals surface area (Å²) in [5.74, 6) is 1.77. The zero-order chi connectivity index (χ0) is 44.4. The van der Waals surface area contributed by atoms with E-state index in [0.717, 1.165) is 78.3 Å². The highest BCUT2D eigenvalue weighted by Gasteiger charge is 2.34. The molecule has 5 heterocycles. The molecule has 0 amide bonds. The molecule has 0 fully saturated rings. The van der Waals surface area contributed by atoms with E-state index in [1.165, 1.54) is 27.1 Å². The highest BCUT2D eigenvalue weighted by atomic mass is 15.3. The van der Waals surface area contributed by atoms with E-state index in [-0.39, 0.29) is 12.1 Å². The summed E-state index contributed by atoms with van der Waals surface area (Å²) in [6, 6.07) is 73.9. The minimum atomic E-state index is -0.294. The summed E-state index contributed by atoms with van der Waals surface area (Å²) in [4.78, 5) is 9.98. The van der Waals surface area contributed by atoms with Gasteiger partial charge in [0.25, 0.3) is 0 Å². The molecule has 314 valence electrons. The van der Waals surface area contributed by atoms with Crippen LogP contribution < -0.4 is 16.4 Å². The number of nitrogens with zero attached hydrogens (tertiary/aromatic N) is 6. The number of fused-ring (bicyclic) bond motifs is 6. The fraction of sp³-hybridized carbons (Fsp3) is 0.0678. The molecule has 6 nitrogen and oxygen atoms in total. The van der Waals surface area contributed by atoms with Crippen LogP contribution >= 0.6 is 0 Å². The third kappa shape index (κ3) is 6.54. The van der Waals surface area contributed by atoms with E-state index in [1.54, 1.807) is 0 Å². The molecule has 12 aromatic rings. The highest BCUT2D eigenvalue weighted by Crippen LogP contribution is 2.35. The van der Waals surface area contributed by atoms with Crippen molar-refractivity contribution in [2.24, 2.45) is 0 Å². The van der Waals surface area contributed by atoms with Crippen molar-refractivity contribution in [2.75, 3.05) is 0 Å². The van der Waals surface area contributed by atoms with Crippen LogP contribution in [0.15, 0.2) is 219 Å². The third-order valence-corrected chi connectivity index (χ3v) is 13.1. The number of hydrogen-bond donors (Lipinski definition) is 0. The van der Waals surface area contributed by atoms with Crippen LogP contribution in [0.25, 0.3) is 83.4 Å². The van der Waals surface area contributed by atoms with Crippen molar-refractivity contribution < 1.29 is 0 Å². The van der Waals surface area contributed by atoms with Crippen LogP contribution in [0.4, 0.5) is 0 Å². The summed E-state index contributed by atoms with van der Waals surface area (Å²) in [5.41, 5.74) is 14.1. The maximum atomic E-state index is 5.64. The minimum absolute atomic E-state index is 0.0519. The maximum Gasteiger partial charge on any atom is 0.247 e. The number of hydrogen-bond acceptors (Lipinski definition) is 3. The lowest BCUT2D eigenvalue weighted by atomic mass is 9.36. The van der Waals surface area contributed by atoms with E-state index in [9.17, 15) is 0 Å². The Morgan fingerprint density at radius 3 is 1.53 bits per heavy atom. The minimum Gasteiger partial charge on any atom is -0.294 e. The first-order valence-electron chi connectivity index (χ1n) is 22.6. The lowest BCUT2D eigenvalue weighted by molar-refractivity contribution is 0.588. The van der Waals surface area contributed by atoms with Gasteiger partial charge in [-0.25, -0.2) is 14.6 Å². The monoisotopic (exact) mass is 848 g/mol. The van der Waals surface area contributed by atoms with Crippen LogP contribution in [0.3, 0.4) is 0 Å². The lowest BCUT2D eigenvalue weighted by Crippen LogP contribution is -2.53. The Kier molecular flexibility index (Phi) is 9.38. The van der Waals surface area contributed by atoms with Gasteiger partial charge >= 0.3 is 0 Å². The Labute approximate surface area is 384 Å². The van der Waals surface area contributed by atoms with E-state index in [2.05, 4.69) is 235 Å². The maximum absolute atomic E-state index is 5.64. The fourth-order valence-corrected chi connectivity index (χ4v) is 9.99. The number of pyridine rings is 2. The van der Waals surface area contributed by atoms with E-state index in [1.807, 2.05) is 18.5 Å². The summed E-state index contributed by atoms with van der Waals surface area (Å²) in [7, 11) is 0.